The number of rotatable bonds is 4. The molecular weight excluding hydrogens is 304 g/mol. The van der Waals surface area contributed by atoms with Crippen LogP contribution in [0.25, 0.3) is 11.5 Å². The van der Waals surface area contributed by atoms with Crippen molar-refractivity contribution in [1.29, 1.82) is 0 Å². The maximum absolute atomic E-state index is 12.0. The van der Waals surface area contributed by atoms with E-state index in [1.807, 2.05) is 50.2 Å². The zero-order chi connectivity index (χ0) is 16.9. The Morgan fingerprint density at radius 2 is 2.08 bits per heavy atom. The second-order valence-electron chi connectivity index (χ2n) is 5.41. The number of hydrogen-bond acceptors (Lipinski definition) is 4. The number of aryl methyl sites for hydroxylation is 2. The standard InChI is InChI=1S/C18H18N4O2/c1-12-13(2)24-17(21-12)15-6-3-7-16(9-15)22-18(23)20-11-14-5-4-8-19-10-14/h3-10H,11H2,1-2H3,(H2,20,22,23). The lowest BCUT2D eigenvalue weighted by atomic mass is 10.2. The number of carbonyl (C=O) groups excluding carboxylic acids is 1. The van der Waals surface area contributed by atoms with Gasteiger partial charge in [0.2, 0.25) is 5.89 Å². The first-order valence-electron chi connectivity index (χ1n) is 7.60. The van der Waals surface area contributed by atoms with Crippen molar-refractivity contribution in [2.75, 3.05) is 5.32 Å². The van der Waals surface area contributed by atoms with E-state index in [0.717, 1.165) is 22.6 Å². The predicted molar refractivity (Wildman–Crippen MR) is 91.5 cm³/mol. The third kappa shape index (κ3) is 3.78. The quantitative estimate of drug-likeness (QED) is 0.768. The average Bonchev–Trinajstić information content (AvgIpc) is 2.93. The van der Waals surface area contributed by atoms with Crippen molar-refractivity contribution in [3.8, 4) is 11.5 Å². The molecule has 122 valence electrons. The van der Waals surface area contributed by atoms with Gasteiger partial charge >= 0.3 is 6.03 Å². The highest BCUT2D eigenvalue weighted by Gasteiger charge is 2.09. The number of hydrogen-bond donors (Lipinski definition) is 2. The molecule has 3 rings (SSSR count). The van der Waals surface area contributed by atoms with Crippen LogP contribution in [0.4, 0.5) is 10.5 Å². The first-order valence-corrected chi connectivity index (χ1v) is 7.60. The largest absolute Gasteiger partial charge is 0.441 e. The second kappa shape index (κ2) is 6.95. The molecule has 2 N–H and O–H groups in total. The molecule has 2 heterocycles. The fourth-order valence-corrected chi connectivity index (χ4v) is 2.19. The Balaban J connectivity index is 1.65. The van der Waals surface area contributed by atoms with Gasteiger partial charge in [-0.1, -0.05) is 12.1 Å². The first kappa shape index (κ1) is 15.7. The fourth-order valence-electron chi connectivity index (χ4n) is 2.19. The topological polar surface area (TPSA) is 80.0 Å². The molecule has 0 radical (unpaired) electrons. The van der Waals surface area contributed by atoms with Crippen molar-refractivity contribution in [2.45, 2.75) is 20.4 Å². The predicted octanol–water partition coefficient (Wildman–Crippen LogP) is 3.68. The lowest BCUT2D eigenvalue weighted by Crippen LogP contribution is -2.28. The maximum Gasteiger partial charge on any atom is 0.319 e. The van der Waals surface area contributed by atoms with E-state index in [1.165, 1.54) is 0 Å². The highest BCUT2D eigenvalue weighted by molar-refractivity contribution is 5.89. The lowest BCUT2D eigenvalue weighted by Gasteiger charge is -2.08. The second-order valence-corrected chi connectivity index (χ2v) is 5.41. The summed E-state index contributed by atoms with van der Waals surface area (Å²) in [6.45, 7) is 4.19. The van der Waals surface area contributed by atoms with Crippen molar-refractivity contribution in [3.05, 3.63) is 65.8 Å². The summed E-state index contributed by atoms with van der Waals surface area (Å²) in [5.41, 5.74) is 3.28. The zero-order valence-corrected chi connectivity index (χ0v) is 13.5. The Morgan fingerprint density at radius 3 is 2.79 bits per heavy atom. The highest BCUT2D eigenvalue weighted by Crippen LogP contribution is 2.23. The van der Waals surface area contributed by atoms with Crippen LogP contribution >= 0.6 is 0 Å². The van der Waals surface area contributed by atoms with Crippen molar-refractivity contribution < 1.29 is 9.21 Å². The van der Waals surface area contributed by atoms with E-state index in [4.69, 9.17) is 4.42 Å². The van der Waals surface area contributed by atoms with Gasteiger partial charge in [0.05, 0.1) is 5.69 Å². The molecule has 0 atom stereocenters. The van der Waals surface area contributed by atoms with Gasteiger partial charge in [0.25, 0.3) is 0 Å². The van der Waals surface area contributed by atoms with Crippen LogP contribution < -0.4 is 10.6 Å². The molecule has 3 aromatic rings. The molecule has 0 bridgehead atoms. The number of amides is 2. The maximum atomic E-state index is 12.0. The molecule has 2 aromatic heterocycles. The van der Waals surface area contributed by atoms with Crippen molar-refractivity contribution >= 4 is 11.7 Å². The minimum Gasteiger partial charge on any atom is -0.441 e. The molecule has 0 saturated carbocycles. The number of urea groups is 1. The summed E-state index contributed by atoms with van der Waals surface area (Å²) < 4.78 is 5.62. The van der Waals surface area contributed by atoms with Gasteiger partial charge < -0.3 is 15.1 Å². The Hall–Kier alpha value is -3.15. The molecule has 0 saturated heterocycles. The van der Waals surface area contributed by atoms with Crippen molar-refractivity contribution in [1.82, 2.24) is 15.3 Å². The number of benzene rings is 1. The van der Waals surface area contributed by atoms with Gasteiger partial charge in [0.15, 0.2) is 0 Å². The minimum atomic E-state index is -0.282. The van der Waals surface area contributed by atoms with Crippen molar-refractivity contribution in [2.24, 2.45) is 0 Å². The Labute approximate surface area is 140 Å². The number of anilines is 1. The fraction of sp³-hybridized carbons (Fsp3) is 0.167. The van der Waals surface area contributed by atoms with Gasteiger partial charge in [-0.2, -0.15) is 0 Å². The van der Waals surface area contributed by atoms with Gasteiger partial charge in [-0.15, -0.1) is 0 Å². The molecule has 0 aliphatic heterocycles. The number of nitrogens with zero attached hydrogens (tertiary/aromatic N) is 2. The van der Waals surface area contributed by atoms with Crippen LogP contribution in [0.15, 0.2) is 53.2 Å². The van der Waals surface area contributed by atoms with Crippen LogP contribution in [-0.4, -0.2) is 16.0 Å². The molecule has 1 aromatic carbocycles. The summed E-state index contributed by atoms with van der Waals surface area (Å²) in [6.07, 6.45) is 3.41. The Bertz CT molecular complexity index is 824. The van der Waals surface area contributed by atoms with E-state index in [0.29, 0.717) is 18.1 Å². The van der Waals surface area contributed by atoms with Crippen LogP contribution in [0, 0.1) is 13.8 Å². The van der Waals surface area contributed by atoms with Crippen LogP contribution in [-0.2, 0) is 6.54 Å². The van der Waals surface area contributed by atoms with Gasteiger partial charge in [-0.05, 0) is 43.7 Å². The summed E-state index contributed by atoms with van der Waals surface area (Å²) in [7, 11) is 0. The number of aromatic nitrogens is 2. The van der Waals surface area contributed by atoms with E-state index in [9.17, 15) is 4.79 Å². The monoisotopic (exact) mass is 322 g/mol. The van der Waals surface area contributed by atoms with E-state index in [-0.39, 0.29) is 6.03 Å². The summed E-state index contributed by atoms with van der Waals surface area (Å²) >= 11 is 0. The molecule has 0 aliphatic carbocycles. The smallest absolute Gasteiger partial charge is 0.319 e. The molecule has 6 nitrogen and oxygen atoms in total. The normalized spacial score (nSPS) is 10.4. The summed E-state index contributed by atoms with van der Waals surface area (Å²) in [5.74, 6) is 1.34. The zero-order valence-electron chi connectivity index (χ0n) is 13.5. The molecular formula is C18H18N4O2. The van der Waals surface area contributed by atoms with Crippen LogP contribution in [0.1, 0.15) is 17.0 Å². The Morgan fingerprint density at radius 1 is 1.21 bits per heavy atom. The van der Waals surface area contributed by atoms with E-state index in [1.54, 1.807) is 12.4 Å². The minimum absolute atomic E-state index is 0.282. The van der Waals surface area contributed by atoms with Crippen LogP contribution in [0.3, 0.4) is 0 Å². The number of nitrogens with one attached hydrogen (secondary N) is 2. The lowest BCUT2D eigenvalue weighted by molar-refractivity contribution is 0.251. The molecule has 2 amide bonds. The number of carbonyl (C=O) groups is 1. The summed E-state index contributed by atoms with van der Waals surface area (Å²) in [5, 5.41) is 5.59. The third-order valence-corrected chi connectivity index (χ3v) is 3.57. The molecule has 24 heavy (non-hydrogen) atoms. The van der Waals surface area contributed by atoms with Crippen molar-refractivity contribution in [3.63, 3.8) is 0 Å². The van der Waals surface area contributed by atoms with Gasteiger partial charge in [0.1, 0.15) is 5.76 Å². The number of pyridine rings is 1. The van der Waals surface area contributed by atoms with E-state index < -0.39 is 0 Å². The summed E-state index contributed by atoms with van der Waals surface area (Å²) in [6, 6.07) is 10.8. The van der Waals surface area contributed by atoms with E-state index >= 15 is 0 Å². The molecule has 6 heteroatoms. The summed E-state index contributed by atoms with van der Waals surface area (Å²) in [4.78, 5) is 20.4. The van der Waals surface area contributed by atoms with Crippen LogP contribution in [0.2, 0.25) is 0 Å². The molecule has 0 spiro atoms. The molecule has 0 aliphatic rings. The van der Waals surface area contributed by atoms with E-state index in [2.05, 4.69) is 20.6 Å². The number of oxazole rings is 1. The molecule has 0 unspecified atom stereocenters. The van der Waals surface area contributed by atoms with Crippen LogP contribution in [0.5, 0.6) is 0 Å². The molecule has 0 fully saturated rings. The Kier molecular flexibility index (Phi) is 4.56. The van der Waals surface area contributed by atoms with Gasteiger partial charge in [-0.25, -0.2) is 9.78 Å². The first-order chi connectivity index (χ1) is 11.6. The highest BCUT2D eigenvalue weighted by atomic mass is 16.4. The average molecular weight is 322 g/mol. The van der Waals surface area contributed by atoms with Gasteiger partial charge in [0, 0.05) is 30.2 Å². The third-order valence-electron chi connectivity index (χ3n) is 3.57. The SMILES string of the molecule is Cc1nc(-c2cccc(NC(=O)NCc3cccnc3)c2)oc1C. The van der Waals surface area contributed by atoms with Gasteiger partial charge in [-0.3, -0.25) is 4.98 Å².